The van der Waals surface area contributed by atoms with Gasteiger partial charge in [-0.05, 0) is 69.2 Å². The lowest BCUT2D eigenvalue weighted by molar-refractivity contribution is -0.144. The topological polar surface area (TPSA) is 145 Å². The average molecular weight is 508 g/mol. The van der Waals surface area contributed by atoms with Gasteiger partial charge in [-0.2, -0.15) is 0 Å². The number of primary amides is 1. The third-order valence-electron chi connectivity index (χ3n) is 6.47. The van der Waals surface area contributed by atoms with Crippen LogP contribution in [0, 0.1) is 6.92 Å². The van der Waals surface area contributed by atoms with E-state index >= 15 is 0 Å². The first-order valence-corrected chi connectivity index (χ1v) is 11.9. The van der Waals surface area contributed by atoms with E-state index in [1.807, 2.05) is 6.07 Å². The zero-order chi connectivity index (χ0) is 26.7. The second-order valence-electron chi connectivity index (χ2n) is 9.38. The van der Waals surface area contributed by atoms with Gasteiger partial charge in [-0.1, -0.05) is 12.1 Å². The molecule has 0 radical (unpaired) electrons. The number of ether oxygens (including phenoxy) is 2. The Morgan fingerprint density at radius 3 is 2.59 bits per heavy atom. The summed E-state index contributed by atoms with van der Waals surface area (Å²) in [5, 5.41) is 8.99. The minimum atomic E-state index is -1.40. The molecule has 1 aliphatic heterocycles. The van der Waals surface area contributed by atoms with Crippen molar-refractivity contribution in [2.45, 2.75) is 51.9 Å². The fourth-order valence-corrected chi connectivity index (χ4v) is 4.28. The predicted molar refractivity (Wildman–Crippen MR) is 133 cm³/mol. The van der Waals surface area contributed by atoms with Crippen LogP contribution in [-0.4, -0.2) is 45.7 Å². The number of oxazole rings is 1. The summed E-state index contributed by atoms with van der Waals surface area (Å²) in [5.41, 5.74) is 6.79. The molecule has 3 N–H and O–H groups in total. The van der Waals surface area contributed by atoms with Gasteiger partial charge < -0.3 is 29.6 Å². The van der Waals surface area contributed by atoms with Crippen molar-refractivity contribution in [3.05, 3.63) is 71.1 Å². The van der Waals surface area contributed by atoms with E-state index < -0.39 is 23.7 Å². The van der Waals surface area contributed by atoms with E-state index in [1.54, 1.807) is 63.2 Å². The van der Waals surface area contributed by atoms with Crippen LogP contribution >= 0.6 is 0 Å². The lowest BCUT2D eigenvalue weighted by Crippen LogP contribution is -2.47. The molecule has 10 heteroatoms. The summed E-state index contributed by atoms with van der Waals surface area (Å²) >= 11 is 0. The van der Waals surface area contributed by atoms with Crippen LogP contribution in [0.15, 0.2) is 52.9 Å². The zero-order valence-electron chi connectivity index (χ0n) is 20.9. The first-order valence-electron chi connectivity index (χ1n) is 11.9. The minimum Gasteiger partial charge on any atom is -0.487 e. The van der Waals surface area contributed by atoms with Crippen molar-refractivity contribution < 1.29 is 33.4 Å². The number of aryl methyl sites for hydroxylation is 1. The summed E-state index contributed by atoms with van der Waals surface area (Å²) in [6.45, 7) is 5.96. The van der Waals surface area contributed by atoms with E-state index in [0.29, 0.717) is 53.6 Å². The molecular weight excluding hydrogens is 478 g/mol. The van der Waals surface area contributed by atoms with Crippen molar-refractivity contribution >= 4 is 18.0 Å². The van der Waals surface area contributed by atoms with Crippen LogP contribution in [0.3, 0.4) is 0 Å². The maximum Gasteiger partial charge on any atom is 0.507 e. The Morgan fingerprint density at radius 1 is 1.19 bits per heavy atom. The number of carbonyl (C=O) groups excluding carboxylic acids is 2. The Bertz CT molecular complexity index is 1310. The van der Waals surface area contributed by atoms with Crippen LogP contribution in [0.5, 0.6) is 5.75 Å². The molecule has 4 rings (SSSR count). The number of carboxylic acid groups (broad SMARTS) is 1. The Hall–Kier alpha value is -4.34. The van der Waals surface area contributed by atoms with Gasteiger partial charge in [0.1, 0.15) is 23.8 Å². The molecule has 3 aromatic rings. The zero-order valence-corrected chi connectivity index (χ0v) is 20.9. The second kappa shape index (κ2) is 10.3. The quantitative estimate of drug-likeness (QED) is 0.431. The van der Waals surface area contributed by atoms with Crippen molar-refractivity contribution in [1.29, 1.82) is 0 Å². The molecule has 1 atom stereocenters. The van der Waals surface area contributed by atoms with E-state index in [1.165, 1.54) is 4.90 Å². The molecule has 1 saturated heterocycles. The first kappa shape index (κ1) is 25.7. The first-order chi connectivity index (χ1) is 17.6. The molecule has 1 fully saturated rings. The summed E-state index contributed by atoms with van der Waals surface area (Å²) < 4.78 is 16.7. The fraction of sp³-hybridized carbons (Fsp3) is 0.333. The third-order valence-corrected chi connectivity index (χ3v) is 6.47. The summed E-state index contributed by atoms with van der Waals surface area (Å²) in [5.74, 6) is 0.821. The number of likely N-dealkylation sites (tertiary alicyclic amines) is 1. The molecular formula is C27H29N3O7. The average Bonchev–Trinajstić information content (AvgIpc) is 3.48. The third kappa shape index (κ3) is 5.58. The standard InChI is InChI=1S/C27H29N3O7/c1-16-21(29-24(36-16)18-11-9-17(10-12-18)23(28)31)15-35-20-7-4-6-19(14-20)27(2,3)25(32)30-13-5-8-22(30)37-26(33)34/h4,6-7,9-12,14,22H,5,8,13,15H2,1-3H3,(H2,28,31)(H,33,34)/t22-/m1/s1. The van der Waals surface area contributed by atoms with E-state index in [9.17, 15) is 14.4 Å². The number of nitrogens with zero attached hydrogens (tertiary/aromatic N) is 2. The Balaban J connectivity index is 1.46. The van der Waals surface area contributed by atoms with E-state index in [0.717, 1.165) is 5.56 Å². The molecule has 0 bridgehead atoms. The fourth-order valence-electron chi connectivity index (χ4n) is 4.28. The van der Waals surface area contributed by atoms with Gasteiger partial charge in [0.05, 0.1) is 5.41 Å². The van der Waals surface area contributed by atoms with Gasteiger partial charge in [0.2, 0.25) is 17.7 Å². The molecule has 1 aromatic heterocycles. The van der Waals surface area contributed by atoms with Crippen molar-refractivity contribution in [3.8, 4) is 17.2 Å². The molecule has 0 unspecified atom stereocenters. The molecule has 2 heterocycles. The van der Waals surface area contributed by atoms with Crippen LogP contribution in [0.4, 0.5) is 4.79 Å². The molecule has 2 aromatic carbocycles. The summed E-state index contributed by atoms with van der Waals surface area (Å²) in [6, 6.07) is 13.9. The highest BCUT2D eigenvalue weighted by molar-refractivity contribution is 5.93. The number of amides is 2. The summed E-state index contributed by atoms with van der Waals surface area (Å²) in [4.78, 5) is 41.7. The number of hydrogen-bond acceptors (Lipinski definition) is 7. The minimum absolute atomic E-state index is 0.146. The number of hydrogen-bond donors (Lipinski definition) is 2. The van der Waals surface area contributed by atoms with Gasteiger partial charge in [0.15, 0.2) is 6.23 Å². The number of nitrogens with two attached hydrogens (primary N) is 1. The monoisotopic (exact) mass is 507 g/mol. The van der Waals surface area contributed by atoms with Crippen LogP contribution in [0.25, 0.3) is 11.5 Å². The number of benzene rings is 2. The van der Waals surface area contributed by atoms with Gasteiger partial charge >= 0.3 is 6.16 Å². The normalized spacial score (nSPS) is 15.4. The predicted octanol–water partition coefficient (Wildman–Crippen LogP) is 4.25. The van der Waals surface area contributed by atoms with Gasteiger partial charge in [0.25, 0.3) is 0 Å². The molecule has 10 nitrogen and oxygen atoms in total. The molecule has 1 aliphatic rings. The Labute approximate surface area is 214 Å². The number of carbonyl (C=O) groups is 3. The summed E-state index contributed by atoms with van der Waals surface area (Å²) in [6.07, 6.45) is -1.02. The SMILES string of the molecule is Cc1oc(-c2ccc(C(N)=O)cc2)nc1COc1cccc(C(C)(C)C(=O)N2CCC[C@H]2OC(=O)O)c1. The molecule has 0 saturated carbocycles. The Morgan fingerprint density at radius 2 is 1.92 bits per heavy atom. The highest BCUT2D eigenvalue weighted by Gasteiger charge is 2.40. The largest absolute Gasteiger partial charge is 0.507 e. The van der Waals surface area contributed by atoms with Crippen LogP contribution < -0.4 is 10.5 Å². The lowest BCUT2D eigenvalue weighted by Gasteiger charge is -2.32. The highest BCUT2D eigenvalue weighted by Crippen LogP contribution is 2.32. The molecule has 37 heavy (non-hydrogen) atoms. The van der Waals surface area contributed by atoms with Crippen LogP contribution in [0.2, 0.25) is 0 Å². The maximum atomic E-state index is 13.4. The molecule has 194 valence electrons. The van der Waals surface area contributed by atoms with Crippen molar-refractivity contribution in [2.24, 2.45) is 5.73 Å². The molecule has 2 amide bonds. The molecule has 0 spiro atoms. The number of aromatic nitrogens is 1. The Kier molecular flexibility index (Phi) is 7.19. The summed E-state index contributed by atoms with van der Waals surface area (Å²) in [7, 11) is 0. The van der Waals surface area contributed by atoms with E-state index in [2.05, 4.69) is 4.98 Å². The highest BCUT2D eigenvalue weighted by atomic mass is 16.7. The van der Waals surface area contributed by atoms with Gasteiger partial charge in [0, 0.05) is 24.1 Å². The van der Waals surface area contributed by atoms with Gasteiger partial charge in [-0.25, -0.2) is 9.78 Å². The van der Waals surface area contributed by atoms with Crippen LogP contribution in [-0.2, 0) is 21.6 Å². The maximum absolute atomic E-state index is 13.4. The smallest absolute Gasteiger partial charge is 0.487 e. The van der Waals surface area contributed by atoms with Crippen molar-refractivity contribution in [3.63, 3.8) is 0 Å². The van der Waals surface area contributed by atoms with E-state index in [4.69, 9.17) is 24.7 Å². The van der Waals surface area contributed by atoms with E-state index in [-0.39, 0.29) is 12.5 Å². The molecule has 0 aliphatic carbocycles. The van der Waals surface area contributed by atoms with Crippen molar-refractivity contribution in [2.75, 3.05) is 6.54 Å². The lowest BCUT2D eigenvalue weighted by atomic mass is 9.83. The van der Waals surface area contributed by atoms with Gasteiger partial charge in [-0.15, -0.1) is 0 Å². The second-order valence-corrected chi connectivity index (χ2v) is 9.38. The van der Waals surface area contributed by atoms with Crippen molar-refractivity contribution in [1.82, 2.24) is 9.88 Å². The van der Waals surface area contributed by atoms with Crippen LogP contribution in [0.1, 0.15) is 54.1 Å². The number of rotatable bonds is 8. The van der Waals surface area contributed by atoms with Gasteiger partial charge in [-0.3, -0.25) is 9.59 Å².